The van der Waals surface area contributed by atoms with Crippen molar-refractivity contribution in [2.24, 2.45) is 0 Å². The maximum atomic E-state index is 3.68. The zero-order valence-corrected chi connectivity index (χ0v) is 11.9. The van der Waals surface area contributed by atoms with Gasteiger partial charge in [0.25, 0.3) is 0 Å². The molecule has 1 N–H and O–H groups in total. The zero-order valence-electron chi connectivity index (χ0n) is 11.9. The first kappa shape index (κ1) is 13.6. The molecule has 1 nitrogen and oxygen atoms in total. The van der Waals surface area contributed by atoms with Crippen LogP contribution in [0.2, 0.25) is 0 Å². The first-order valence-electron chi connectivity index (χ1n) is 7.58. The quantitative estimate of drug-likeness (QED) is 0.835. The van der Waals surface area contributed by atoms with Gasteiger partial charge in [-0.05, 0) is 49.3 Å². The van der Waals surface area contributed by atoms with Crippen molar-refractivity contribution in [1.82, 2.24) is 5.32 Å². The molecule has 1 aromatic carbocycles. The van der Waals surface area contributed by atoms with Gasteiger partial charge in [-0.1, -0.05) is 51.0 Å². The van der Waals surface area contributed by atoms with E-state index >= 15 is 0 Å². The molecule has 18 heavy (non-hydrogen) atoms. The van der Waals surface area contributed by atoms with Crippen LogP contribution in [0, 0.1) is 0 Å². The third-order valence-corrected chi connectivity index (χ3v) is 4.09. The van der Waals surface area contributed by atoms with Crippen molar-refractivity contribution in [2.75, 3.05) is 6.54 Å². The fourth-order valence-corrected chi connectivity index (χ4v) is 2.76. The largest absolute Gasteiger partial charge is 0.314 e. The van der Waals surface area contributed by atoms with Crippen LogP contribution >= 0.6 is 0 Å². The van der Waals surface area contributed by atoms with E-state index in [-0.39, 0.29) is 0 Å². The minimum absolute atomic E-state index is 0.641. The van der Waals surface area contributed by atoms with Crippen LogP contribution in [0.1, 0.15) is 63.0 Å². The summed E-state index contributed by atoms with van der Waals surface area (Å²) in [6.45, 7) is 5.73. The Morgan fingerprint density at radius 1 is 1.11 bits per heavy atom. The highest BCUT2D eigenvalue weighted by Crippen LogP contribution is 2.17. The summed E-state index contributed by atoms with van der Waals surface area (Å²) in [5, 5.41) is 3.68. The van der Waals surface area contributed by atoms with E-state index in [1.807, 2.05) is 0 Å². The van der Waals surface area contributed by atoms with Crippen molar-refractivity contribution in [3.05, 3.63) is 35.4 Å². The fourth-order valence-electron chi connectivity index (χ4n) is 2.76. The first-order valence-corrected chi connectivity index (χ1v) is 7.58. The van der Waals surface area contributed by atoms with E-state index in [0.717, 1.165) is 6.04 Å². The molecule has 1 aliphatic heterocycles. The average molecular weight is 245 g/mol. The van der Waals surface area contributed by atoms with Crippen LogP contribution in [-0.4, -0.2) is 12.6 Å². The first-order chi connectivity index (χ1) is 8.75. The van der Waals surface area contributed by atoms with E-state index in [0.29, 0.717) is 5.92 Å². The predicted molar refractivity (Wildman–Crippen MR) is 79.1 cm³/mol. The lowest BCUT2D eigenvalue weighted by Gasteiger charge is -2.15. The van der Waals surface area contributed by atoms with Crippen molar-refractivity contribution in [1.29, 1.82) is 0 Å². The number of aryl methyl sites for hydroxylation is 1. The number of nitrogens with one attached hydrogen (secondary N) is 1. The molecule has 0 amide bonds. The standard InChI is InChI=1S/C17H27N/c1-14(2)16-10-7-15(8-11-16)9-12-17-6-4-3-5-13-18-17/h7-8,10-11,14,17-18H,3-6,9,12-13H2,1-2H3. The SMILES string of the molecule is CC(C)c1ccc(CCC2CCCCCN2)cc1. The Morgan fingerprint density at radius 2 is 1.89 bits per heavy atom. The minimum Gasteiger partial charge on any atom is -0.314 e. The second kappa shape index (κ2) is 6.94. The van der Waals surface area contributed by atoms with E-state index in [2.05, 4.69) is 43.4 Å². The molecule has 100 valence electrons. The number of rotatable bonds is 4. The van der Waals surface area contributed by atoms with E-state index in [4.69, 9.17) is 0 Å². The molecule has 1 heteroatoms. The lowest BCUT2D eigenvalue weighted by Crippen LogP contribution is -2.28. The lowest BCUT2D eigenvalue weighted by atomic mass is 9.98. The molecule has 0 bridgehead atoms. The van der Waals surface area contributed by atoms with Gasteiger partial charge in [0.15, 0.2) is 0 Å². The molecule has 1 atom stereocenters. The topological polar surface area (TPSA) is 12.0 Å². The summed E-state index contributed by atoms with van der Waals surface area (Å²) >= 11 is 0. The summed E-state index contributed by atoms with van der Waals surface area (Å²) in [7, 11) is 0. The Morgan fingerprint density at radius 3 is 2.61 bits per heavy atom. The van der Waals surface area contributed by atoms with Crippen molar-refractivity contribution in [3.8, 4) is 0 Å². The van der Waals surface area contributed by atoms with Gasteiger partial charge in [0.1, 0.15) is 0 Å². The fraction of sp³-hybridized carbons (Fsp3) is 0.647. The smallest absolute Gasteiger partial charge is 0.00702 e. The molecule has 1 unspecified atom stereocenters. The number of benzene rings is 1. The molecule has 1 heterocycles. The van der Waals surface area contributed by atoms with Gasteiger partial charge >= 0.3 is 0 Å². The van der Waals surface area contributed by atoms with Crippen LogP contribution in [0.25, 0.3) is 0 Å². The Labute approximate surface area is 112 Å². The van der Waals surface area contributed by atoms with Gasteiger partial charge in [0, 0.05) is 6.04 Å². The van der Waals surface area contributed by atoms with Crippen LogP contribution in [0.5, 0.6) is 0 Å². The summed E-state index contributed by atoms with van der Waals surface area (Å²) in [6, 6.07) is 9.95. The van der Waals surface area contributed by atoms with E-state index in [9.17, 15) is 0 Å². The monoisotopic (exact) mass is 245 g/mol. The van der Waals surface area contributed by atoms with Crippen LogP contribution < -0.4 is 5.32 Å². The molecule has 1 saturated heterocycles. The highest BCUT2D eigenvalue weighted by atomic mass is 14.9. The zero-order chi connectivity index (χ0) is 12.8. The maximum Gasteiger partial charge on any atom is 0.00702 e. The van der Waals surface area contributed by atoms with Crippen LogP contribution in [0.4, 0.5) is 0 Å². The third kappa shape index (κ3) is 4.13. The van der Waals surface area contributed by atoms with Gasteiger partial charge in [-0.25, -0.2) is 0 Å². The van der Waals surface area contributed by atoms with Gasteiger partial charge in [-0.2, -0.15) is 0 Å². The highest BCUT2D eigenvalue weighted by molar-refractivity contribution is 5.24. The second-order valence-corrected chi connectivity index (χ2v) is 5.94. The molecule has 0 spiro atoms. The minimum atomic E-state index is 0.641. The summed E-state index contributed by atoms with van der Waals surface area (Å²) in [5.41, 5.74) is 2.94. The number of hydrogen-bond donors (Lipinski definition) is 1. The molecule has 0 saturated carbocycles. The summed E-state index contributed by atoms with van der Waals surface area (Å²) in [5.74, 6) is 0.641. The predicted octanol–water partition coefficient (Wildman–Crippen LogP) is 4.27. The van der Waals surface area contributed by atoms with Gasteiger partial charge in [-0.3, -0.25) is 0 Å². The molecule has 1 aromatic rings. The van der Waals surface area contributed by atoms with Gasteiger partial charge in [-0.15, -0.1) is 0 Å². The average Bonchev–Trinajstić information content (AvgIpc) is 2.65. The Balaban J connectivity index is 1.81. The molecule has 1 fully saturated rings. The van der Waals surface area contributed by atoms with Crippen molar-refractivity contribution in [3.63, 3.8) is 0 Å². The molecule has 1 aliphatic rings. The maximum absolute atomic E-state index is 3.68. The van der Waals surface area contributed by atoms with Crippen molar-refractivity contribution >= 4 is 0 Å². The highest BCUT2D eigenvalue weighted by Gasteiger charge is 2.11. The molecule has 2 rings (SSSR count). The Hall–Kier alpha value is -0.820. The molecular weight excluding hydrogens is 218 g/mol. The normalized spacial score (nSPS) is 20.9. The molecular formula is C17H27N. The van der Waals surface area contributed by atoms with Crippen LogP contribution in [0.15, 0.2) is 24.3 Å². The van der Waals surface area contributed by atoms with Gasteiger partial charge in [0.2, 0.25) is 0 Å². The van der Waals surface area contributed by atoms with E-state index in [1.54, 1.807) is 0 Å². The van der Waals surface area contributed by atoms with Crippen LogP contribution in [-0.2, 0) is 6.42 Å². The third-order valence-electron chi connectivity index (χ3n) is 4.09. The van der Waals surface area contributed by atoms with Crippen molar-refractivity contribution in [2.45, 2.75) is 64.3 Å². The van der Waals surface area contributed by atoms with Gasteiger partial charge < -0.3 is 5.32 Å². The summed E-state index contributed by atoms with van der Waals surface area (Å²) in [6.07, 6.45) is 8.05. The number of hydrogen-bond acceptors (Lipinski definition) is 1. The van der Waals surface area contributed by atoms with Crippen LogP contribution in [0.3, 0.4) is 0 Å². The van der Waals surface area contributed by atoms with E-state index in [1.165, 1.54) is 56.2 Å². The molecule has 0 radical (unpaired) electrons. The second-order valence-electron chi connectivity index (χ2n) is 5.94. The lowest BCUT2D eigenvalue weighted by molar-refractivity contribution is 0.478. The molecule has 0 aromatic heterocycles. The van der Waals surface area contributed by atoms with E-state index < -0.39 is 0 Å². The summed E-state index contributed by atoms with van der Waals surface area (Å²) in [4.78, 5) is 0. The Kier molecular flexibility index (Phi) is 5.25. The molecule has 0 aliphatic carbocycles. The summed E-state index contributed by atoms with van der Waals surface area (Å²) < 4.78 is 0. The van der Waals surface area contributed by atoms with Gasteiger partial charge in [0.05, 0.1) is 0 Å². The Bertz CT molecular complexity index is 331. The van der Waals surface area contributed by atoms with Crippen molar-refractivity contribution < 1.29 is 0 Å².